The highest BCUT2D eigenvalue weighted by molar-refractivity contribution is 7.80. The molecule has 0 atom stereocenters. The number of thiol groups is 1. The Kier molecular flexibility index (Phi) is 4.05. The molecule has 0 aliphatic heterocycles. The molecule has 0 radical (unpaired) electrons. The zero-order valence-corrected chi connectivity index (χ0v) is 10.2. The lowest BCUT2D eigenvalue weighted by molar-refractivity contribution is 0.346. The van der Waals surface area contributed by atoms with Gasteiger partial charge in [0.05, 0.1) is 0 Å². The molecule has 0 bridgehead atoms. The van der Waals surface area contributed by atoms with Gasteiger partial charge in [0.2, 0.25) is 0 Å². The number of aromatic nitrogens is 2. The first-order chi connectivity index (χ1) is 6.59. The third-order valence-corrected chi connectivity index (χ3v) is 3.16. The van der Waals surface area contributed by atoms with Crippen molar-refractivity contribution < 1.29 is 0 Å². The molecule has 14 heavy (non-hydrogen) atoms. The van der Waals surface area contributed by atoms with E-state index in [0.717, 1.165) is 25.1 Å². The van der Waals surface area contributed by atoms with Crippen LogP contribution in [0.25, 0.3) is 0 Å². The zero-order chi connectivity index (χ0) is 10.6. The summed E-state index contributed by atoms with van der Waals surface area (Å²) in [7, 11) is 0. The van der Waals surface area contributed by atoms with Crippen LogP contribution in [0.5, 0.6) is 0 Å². The van der Waals surface area contributed by atoms with E-state index in [4.69, 9.17) is 0 Å². The van der Waals surface area contributed by atoms with Crippen molar-refractivity contribution >= 4 is 12.6 Å². The minimum Gasteiger partial charge on any atom is -0.334 e. The third-order valence-electron chi connectivity index (χ3n) is 2.30. The molecule has 0 aliphatic rings. The average Bonchev–Trinajstić information content (AvgIpc) is 2.53. The molecule has 1 aromatic heterocycles. The lowest BCUT2D eigenvalue weighted by atomic mass is 9.96. The molecule has 0 saturated carbocycles. The Morgan fingerprint density at radius 3 is 2.79 bits per heavy atom. The van der Waals surface area contributed by atoms with Crippen LogP contribution in [-0.2, 0) is 13.0 Å². The molecular weight excluding hydrogens is 192 g/mol. The van der Waals surface area contributed by atoms with Crippen molar-refractivity contribution in [1.82, 2.24) is 9.55 Å². The topological polar surface area (TPSA) is 17.8 Å². The second-order valence-electron chi connectivity index (χ2n) is 4.54. The Labute approximate surface area is 92.1 Å². The van der Waals surface area contributed by atoms with E-state index in [0.29, 0.717) is 0 Å². The van der Waals surface area contributed by atoms with Crippen LogP contribution in [0.4, 0.5) is 0 Å². The SMILES string of the molecule is CCCc1nccn1CC(C)(C)CS. The standard InChI is InChI=1S/C11H20N2S/c1-4-5-10-12-6-7-13(10)8-11(2,3)9-14/h6-7,14H,4-5,8-9H2,1-3H3. The highest BCUT2D eigenvalue weighted by Crippen LogP contribution is 2.20. The second kappa shape index (κ2) is 4.87. The summed E-state index contributed by atoms with van der Waals surface area (Å²) in [5.41, 5.74) is 0.242. The number of imidazole rings is 1. The number of aryl methyl sites for hydroxylation is 1. The monoisotopic (exact) mass is 212 g/mol. The predicted molar refractivity (Wildman–Crippen MR) is 63.9 cm³/mol. The summed E-state index contributed by atoms with van der Waals surface area (Å²) in [6.07, 6.45) is 6.17. The number of hydrogen-bond acceptors (Lipinski definition) is 2. The van der Waals surface area contributed by atoms with E-state index in [1.54, 1.807) is 0 Å². The molecule has 0 N–H and O–H groups in total. The molecule has 2 nitrogen and oxygen atoms in total. The van der Waals surface area contributed by atoms with Crippen LogP contribution in [0.3, 0.4) is 0 Å². The highest BCUT2D eigenvalue weighted by Gasteiger charge is 2.17. The van der Waals surface area contributed by atoms with Crippen LogP contribution in [0.1, 0.15) is 33.0 Å². The fourth-order valence-electron chi connectivity index (χ4n) is 1.45. The molecule has 0 saturated heterocycles. The molecule has 0 amide bonds. The molecule has 0 fully saturated rings. The molecule has 0 aromatic carbocycles. The Bertz CT molecular complexity index is 279. The largest absolute Gasteiger partial charge is 0.334 e. The van der Waals surface area contributed by atoms with Gasteiger partial charge in [0.15, 0.2) is 0 Å². The van der Waals surface area contributed by atoms with Gasteiger partial charge in [-0.25, -0.2) is 4.98 Å². The molecule has 0 aliphatic carbocycles. The van der Waals surface area contributed by atoms with Gasteiger partial charge < -0.3 is 4.57 Å². The van der Waals surface area contributed by atoms with Gasteiger partial charge in [-0.1, -0.05) is 20.8 Å². The van der Waals surface area contributed by atoms with E-state index >= 15 is 0 Å². The lowest BCUT2D eigenvalue weighted by Crippen LogP contribution is -2.22. The minimum atomic E-state index is 0.242. The van der Waals surface area contributed by atoms with Crippen LogP contribution in [-0.4, -0.2) is 15.3 Å². The van der Waals surface area contributed by atoms with Gasteiger partial charge in [0.1, 0.15) is 5.82 Å². The van der Waals surface area contributed by atoms with E-state index in [1.165, 1.54) is 5.82 Å². The van der Waals surface area contributed by atoms with Crippen molar-refractivity contribution in [3.8, 4) is 0 Å². The van der Waals surface area contributed by atoms with E-state index in [2.05, 4.69) is 49.1 Å². The van der Waals surface area contributed by atoms with Crippen LogP contribution in [0.15, 0.2) is 12.4 Å². The summed E-state index contributed by atoms with van der Waals surface area (Å²) < 4.78 is 2.25. The van der Waals surface area contributed by atoms with Gasteiger partial charge in [0, 0.05) is 25.4 Å². The second-order valence-corrected chi connectivity index (χ2v) is 4.86. The van der Waals surface area contributed by atoms with Gasteiger partial charge in [-0.3, -0.25) is 0 Å². The molecule has 1 rings (SSSR count). The van der Waals surface area contributed by atoms with Crippen molar-refractivity contribution in [1.29, 1.82) is 0 Å². The Morgan fingerprint density at radius 2 is 2.21 bits per heavy atom. The lowest BCUT2D eigenvalue weighted by Gasteiger charge is -2.23. The van der Waals surface area contributed by atoms with E-state index in [-0.39, 0.29) is 5.41 Å². The van der Waals surface area contributed by atoms with Gasteiger partial charge >= 0.3 is 0 Å². The summed E-state index contributed by atoms with van der Waals surface area (Å²) in [4.78, 5) is 4.36. The van der Waals surface area contributed by atoms with Crippen molar-refractivity contribution in [3.05, 3.63) is 18.2 Å². The summed E-state index contributed by atoms with van der Waals surface area (Å²) in [5.74, 6) is 2.10. The Hall–Kier alpha value is -0.440. The quantitative estimate of drug-likeness (QED) is 0.743. The first-order valence-corrected chi connectivity index (χ1v) is 5.83. The molecule has 80 valence electrons. The van der Waals surface area contributed by atoms with Crippen molar-refractivity contribution in [2.75, 3.05) is 5.75 Å². The molecular formula is C11H20N2S. The van der Waals surface area contributed by atoms with Gasteiger partial charge in [-0.2, -0.15) is 12.6 Å². The third kappa shape index (κ3) is 3.05. The van der Waals surface area contributed by atoms with Gasteiger partial charge in [-0.05, 0) is 17.6 Å². The minimum absolute atomic E-state index is 0.242. The first-order valence-electron chi connectivity index (χ1n) is 5.20. The number of hydrogen-bond donors (Lipinski definition) is 1. The number of nitrogens with zero attached hydrogens (tertiary/aromatic N) is 2. The molecule has 1 aromatic rings. The molecule has 0 unspecified atom stereocenters. The summed E-state index contributed by atoms with van der Waals surface area (Å²) in [6, 6.07) is 0. The normalized spacial score (nSPS) is 12.0. The Morgan fingerprint density at radius 1 is 1.50 bits per heavy atom. The molecule has 3 heteroatoms. The molecule has 0 spiro atoms. The zero-order valence-electron chi connectivity index (χ0n) is 9.32. The Balaban J connectivity index is 2.70. The van der Waals surface area contributed by atoms with Crippen LogP contribution in [0, 0.1) is 5.41 Å². The van der Waals surface area contributed by atoms with E-state index in [1.807, 2.05) is 6.20 Å². The van der Waals surface area contributed by atoms with Crippen LogP contribution in [0.2, 0.25) is 0 Å². The summed E-state index contributed by atoms with van der Waals surface area (Å²) in [6.45, 7) is 7.65. The van der Waals surface area contributed by atoms with Crippen LogP contribution < -0.4 is 0 Å². The number of rotatable bonds is 5. The highest BCUT2D eigenvalue weighted by atomic mass is 32.1. The predicted octanol–water partition coefficient (Wildman–Crippen LogP) is 2.79. The van der Waals surface area contributed by atoms with Gasteiger partial charge in [0.25, 0.3) is 0 Å². The van der Waals surface area contributed by atoms with Crippen molar-refractivity contribution in [2.45, 2.75) is 40.2 Å². The van der Waals surface area contributed by atoms with E-state index in [9.17, 15) is 0 Å². The van der Waals surface area contributed by atoms with Crippen LogP contribution >= 0.6 is 12.6 Å². The first kappa shape index (κ1) is 11.6. The maximum absolute atomic E-state index is 4.37. The van der Waals surface area contributed by atoms with Crippen molar-refractivity contribution in [2.24, 2.45) is 5.41 Å². The maximum Gasteiger partial charge on any atom is 0.108 e. The smallest absolute Gasteiger partial charge is 0.108 e. The summed E-state index contributed by atoms with van der Waals surface area (Å²) >= 11 is 4.37. The van der Waals surface area contributed by atoms with Gasteiger partial charge in [-0.15, -0.1) is 0 Å². The van der Waals surface area contributed by atoms with Crippen molar-refractivity contribution in [3.63, 3.8) is 0 Å². The fraction of sp³-hybridized carbons (Fsp3) is 0.727. The van der Waals surface area contributed by atoms with E-state index < -0.39 is 0 Å². The summed E-state index contributed by atoms with van der Waals surface area (Å²) in [5, 5.41) is 0. The fourth-order valence-corrected chi connectivity index (χ4v) is 1.55. The average molecular weight is 212 g/mol. The maximum atomic E-state index is 4.37. The molecule has 1 heterocycles.